The summed E-state index contributed by atoms with van der Waals surface area (Å²) in [6, 6.07) is 13.3. The van der Waals surface area contributed by atoms with Crippen LogP contribution >= 0.6 is 0 Å². The Balaban J connectivity index is 2.04. The van der Waals surface area contributed by atoms with E-state index in [4.69, 9.17) is 0 Å². The van der Waals surface area contributed by atoms with Crippen LogP contribution in [0.15, 0.2) is 53.5 Å². The Kier molecular flexibility index (Phi) is 3.42. The van der Waals surface area contributed by atoms with Gasteiger partial charge in [-0.3, -0.25) is 14.9 Å². The van der Waals surface area contributed by atoms with Gasteiger partial charge in [-0.1, -0.05) is 18.2 Å². The highest BCUT2D eigenvalue weighted by Crippen LogP contribution is 2.30. The normalized spacial score (nSPS) is 15.2. The highest BCUT2D eigenvalue weighted by atomic mass is 16.6. The van der Waals surface area contributed by atoms with Crippen molar-refractivity contribution in [2.24, 2.45) is 4.99 Å². The van der Waals surface area contributed by atoms with E-state index in [1.54, 1.807) is 4.90 Å². The largest absolute Gasteiger partial charge is 0.307 e. The molecule has 0 atom stereocenters. The van der Waals surface area contributed by atoms with Crippen molar-refractivity contribution in [3.8, 4) is 0 Å². The number of carbonyl (C=O) groups excluding carboxylic acids is 1. The molecule has 1 aliphatic heterocycles. The number of nitrogens with zero attached hydrogens (tertiary/aromatic N) is 3. The van der Waals surface area contributed by atoms with E-state index in [-0.39, 0.29) is 11.6 Å². The van der Waals surface area contributed by atoms with Gasteiger partial charge in [-0.15, -0.1) is 0 Å². The molecular weight excluding hydrogens is 282 g/mol. The molecule has 0 spiro atoms. The molecule has 0 aliphatic carbocycles. The second kappa shape index (κ2) is 5.40. The molecular formula is C16H13N3O3. The van der Waals surface area contributed by atoms with E-state index in [1.807, 2.05) is 31.2 Å². The molecule has 0 saturated heterocycles. The molecule has 1 aliphatic rings. The summed E-state index contributed by atoms with van der Waals surface area (Å²) < 4.78 is 0. The van der Waals surface area contributed by atoms with Crippen molar-refractivity contribution >= 4 is 28.7 Å². The summed E-state index contributed by atoms with van der Waals surface area (Å²) in [7, 11) is 0. The molecule has 6 heteroatoms. The summed E-state index contributed by atoms with van der Waals surface area (Å²) in [5.41, 5.74) is 2.51. The van der Waals surface area contributed by atoms with Gasteiger partial charge in [-0.25, -0.2) is 4.99 Å². The summed E-state index contributed by atoms with van der Waals surface area (Å²) in [6.07, 6.45) is 0. The van der Waals surface area contributed by atoms with Gasteiger partial charge in [-0.05, 0) is 25.1 Å². The average Bonchev–Trinajstić information content (AvgIpc) is 2.80. The topological polar surface area (TPSA) is 75.8 Å². The summed E-state index contributed by atoms with van der Waals surface area (Å²) in [5, 5.41) is 10.7. The number of rotatable bonds is 3. The summed E-state index contributed by atoms with van der Waals surface area (Å²) in [4.78, 5) is 28.7. The lowest BCUT2D eigenvalue weighted by atomic mass is 10.1. The quantitative estimate of drug-likeness (QED) is 0.645. The molecule has 2 aromatic rings. The maximum Gasteiger partial charge on any atom is 0.277 e. The zero-order valence-corrected chi connectivity index (χ0v) is 11.9. The fourth-order valence-corrected chi connectivity index (χ4v) is 2.46. The van der Waals surface area contributed by atoms with Crippen LogP contribution in [0.5, 0.6) is 0 Å². The highest BCUT2D eigenvalue weighted by Gasteiger charge is 2.32. The van der Waals surface area contributed by atoms with Crippen LogP contribution in [0.1, 0.15) is 12.5 Å². The molecule has 22 heavy (non-hydrogen) atoms. The van der Waals surface area contributed by atoms with Gasteiger partial charge in [0.25, 0.3) is 11.6 Å². The van der Waals surface area contributed by atoms with E-state index in [1.165, 1.54) is 24.3 Å². The first-order valence-electron chi connectivity index (χ1n) is 6.86. The maximum atomic E-state index is 12.5. The Morgan fingerprint density at radius 3 is 2.45 bits per heavy atom. The minimum atomic E-state index is -0.467. The van der Waals surface area contributed by atoms with E-state index in [0.717, 1.165) is 11.3 Å². The third kappa shape index (κ3) is 2.24. The van der Waals surface area contributed by atoms with Crippen molar-refractivity contribution < 1.29 is 9.72 Å². The van der Waals surface area contributed by atoms with Crippen molar-refractivity contribution in [3.05, 3.63) is 64.2 Å². The van der Waals surface area contributed by atoms with E-state index < -0.39 is 4.92 Å². The van der Waals surface area contributed by atoms with E-state index in [2.05, 4.69) is 4.99 Å². The number of amides is 1. The van der Waals surface area contributed by atoms with Gasteiger partial charge in [0.2, 0.25) is 0 Å². The van der Waals surface area contributed by atoms with Crippen LogP contribution in [0.25, 0.3) is 0 Å². The van der Waals surface area contributed by atoms with Gasteiger partial charge in [0.15, 0.2) is 0 Å². The van der Waals surface area contributed by atoms with Gasteiger partial charge < -0.3 is 4.90 Å². The smallest absolute Gasteiger partial charge is 0.277 e. The van der Waals surface area contributed by atoms with Crippen LogP contribution < -0.4 is 4.90 Å². The van der Waals surface area contributed by atoms with Crippen LogP contribution in [0.2, 0.25) is 0 Å². The lowest BCUT2D eigenvalue weighted by Crippen LogP contribution is -2.29. The SMILES string of the molecule is CCN1C(=O)C(=Nc2ccc([N+](=O)[O-])cc2)c2ccccc21. The zero-order chi connectivity index (χ0) is 15.7. The molecule has 1 amide bonds. The van der Waals surface area contributed by atoms with Crippen molar-refractivity contribution in [1.29, 1.82) is 0 Å². The number of carbonyl (C=O) groups is 1. The number of para-hydroxylation sites is 1. The van der Waals surface area contributed by atoms with Gasteiger partial charge >= 0.3 is 0 Å². The highest BCUT2D eigenvalue weighted by molar-refractivity contribution is 6.54. The second-order valence-electron chi connectivity index (χ2n) is 4.80. The third-order valence-electron chi connectivity index (χ3n) is 3.52. The number of benzene rings is 2. The molecule has 0 aromatic heterocycles. The van der Waals surface area contributed by atoms with Crippen molar-refractivity contribution in [2.45, 2.75) is 6.92 Å². The number of fused-ring (bicyclic) bond motifs is 1. The number of non-ortho nitro benzene ring substituents is 1. The van der Waals surface area contributed by atoms with Crippen LogP contribution in [0.4, 0.5) is 17.1 Å². The van der Waals surface area contributed by atoms with E-state index in [0.29, 0.717) is 17.9 Å². The van der Waals surface area contributed by atoms with Crippen molar-refractivity contribution in [1.82, 2.24) is 0 Å². The molecule has 110 valence electrons. The van der Waals surface area contributed by atoms with Gasteiger partial charge in [0.05, 0.1) is 16.3 Å². The number of aliphatic imine (C=N–C) groups is 1. The molecule has 0 unspecified atom stereocenters. The van der Waals surface area contributed by atoms with E-state index in [9.17, 15) is 14.9 Å². The lowest BCUT2D eigenvalue weighted by Gasteiger charge is -2.12. The van der Waals surface area contributed by atoms with Crippen molar-refractivity contribution in [3.63, 3.8) is 0 Å². The van der Waals surface area contributed by atoms with Crippen LogP contribution in [0, 0.1) is 10.1 Å². The third-order valence-corrected chi connectivity index (χ3v) is 3.52. The Labute approximate surface area is 126 Å². The number of anilines is 1. The summed E-state index contributed by atoms with van der Waals surface area (Å²) in [6.45, 7) is 2.47. The molecule has 1 heterocycles. The fourth-order valence-electron chi connectivity index (χ4n) is 2.46. The fraction of sp³-hybridized carbons (Fsp3) is 0.125. The predicted molar refractivity (Wildman–Crippen MR) is 83.8 cm³/mol. The molecule has 6 nitrogen and oxygen atoms in total. The Morgan fingerprint density at radius 2 is 1.82 bits per heavy atom. The minimum absolute atomic E-state index is 0.00252. The zero-order valence-electron chi connectivity index (χ0n) is 11.9. The number of nitro benzene ring substituents is 1. The van der Waals surface area contributed by atoms with Gasteiger partial charge in [-0.2, -0.15) is 0 Å². The number of likely N-dealkylation sites (N-methyl/N-ethyl adjacent to an activating group) is 1. The molecule has 0 bridgehead atoms. The monoisotopic (exact) mass is 295 g/mol. The first kappa shape index (κ1) is 13.9. The van der Waals surface area contributed by atoms with Crippen LogP contribution in [-0.4, -0.2) is 23.1 Å². The molecule has 0 N–H and O–H groups in total. The average molecular weight is 295 g/mol. The molecule has 0 fully saturated rings. The van der Waals surface area contributed by atoms with Crippen LogP contribution in [0.3, 0.4) is 0 Å². The maximum absolute atomic E-state index is 12.5. The van der Waals surface area contributed by atoms with Gasteiger partial charge in [0.1, 0.15) is 5.71 Å². The molecule has 0 saturated carbocycles. The van der Waals surface area contributed by atoms with Gasteiger partial charge in [0, 0.05) is 24.2 Å². The summed E-state index contributed by atoms with van der Waals surface area (Å²) >= 11 is 0. The van der Waals surface area contributed by atoms with Crippen LogP contribution in [-0.2, 0) is 4.79 Å². The number of nitro groups is 1. The minimum Gasteiger partial charge on any atom is -0.307 e. The number of hydrogen-bond donors (Lipinski definition) is 0. The molecule has 3 rings (SSSR count). The first-order valence-corrected chi connectivity index (χ1v) is 6.86. The lowest BCUT2D eigenvalue weighted by molar-refractivity contribution is -0.384. The first-order chi connectivity index (χ1) is 10.6. The summed E-state index contributed by atoms with van der Waals surface area (Å²) in [5.74, 6) is -0.151. The Morgan fingerprint density at radius 1 is 1.14 bits per heavy atom. The van der Waals surface area contributed by atoms with E-state index >= 15 is 0 Å². The Bertz CT molecular complexity index is 781. The number of hydrogen-bond acceptors (Lipinski definition) is 4. The Hall–Kier alpha value is -3.02. The van der Waals surface area contributed by atoms with Crippen molar-refractivity contribution in [2.75, 3.05) is 11.4 Å². The predicted octanol–water partition coefficient (Wildman–Crippen LogP) is 3.08. The standard InChI is InChI=1S/C16H13N3O3/c1-2-18-14-6-4-3-5-13(14)15(16(18)20)17-11-7-9-12(10-8-11)19(21)22/h3-10H,2H2,1H3. The molecule has 0 radical (unpaired) electrons. The second-order valence-corrected chi connectivity index (χ2v) is 4.80. The molecule has 2 aromatic carbocycles.